The molecule has 232 valence electrons. The SMILES string of the molecule is CCCCCCCn1/c(=C\C2=C(O)C(=C/C3=[N+](CCCC)c4ccc(C(=O)O)cc4C3(C)C)/C2=O)c2cccc3cccc1c32. The molecule has 6 rings (SSSR count). The first-order valence-electron chi connectivity index (χ1n) is 16.4. The van der Waals surface area contributed by atoms with E-state index in [9.17, 15) is 19.8 Å². The molecule has 0 fully saturated rings. The summed E-state index contributed by atoms with van der Waals surface area (Å²) in [6.07, 6.45) is 11.5. The van der Waals surface area contributed by atoms with Crippen LogP contribution in [-0.2, 0) is 16.8 Å². The molecule has 2 heterocycles. The minimum absolute atomic E-state index is 0.0134. The molecule has 2 aliphatic rings. The average molecular weight is 604 g/mol. The van der Waals surface area contributed by atoms with E-state index in [0.29, 0.717) is 11.1 Å². The molecule has 4 aromatic rings. The van der Waals surface area contributed by atoms with Crippen LogP contribution in [0.15, 0.2) is 77.6 Å². The number of carbonyl (C=O) groups is 2. The number of ketones is 1. The Labute approximate surface area is 264 Å². The molecule has 0 spiro atoms. The average Bonchev–Trinajstić information content (AvgIpc) is 3.45. The van der Waals surface area contributed by atoms with Crippen LogP contribution in [0.3, 0.4) is 0 Å². The van der Waals surface area contributed by atoms with Crippen molar-refractivity contribution in [3.63, 3.8) is 0 Å². The van der Waals surface area contributed by atoms with Crippen LogP contribution < -0.4 is 5.35 Å². The zero-order chi connectivity index (χ0) is 31.9. The summed E-state index contributed by atoms with van der Waals surface area (Å²) < 4.78 is 4.50. The largest absolute Gasteiger partial charge is 0.506 e. The predicted octanol–water partition coefficient (Wildman–Crippen LogP) is 8.16. The van der Waals surface area contributed by atoms with Crippen LogP contribution in [0.1, 0.15) is 88.6 Å². The zero-order valence-electron chi connectivity index (χ0n) is 26.8. The smallest absolute Gasteiger partial charge is 0.335 e. The van der Waals surface area contributed by atoms with Gasteiger partial charge in [-0.05, 0) is 49.9 Å². The third kappa shape index (κ3) is 5.20. The fourth-order valence-corrected chi connectivity index (χ4v) is 7.11. The number of allylic oxidation sites excluding steroid dienone is 3. The van der Waals surface area contributed by atoms with Gasteiger partial charge in [0.15, 0.2) is 5.71 Å². The Kier molecular flexibility index (Phi) is 8.25. The van der Waals surface area contributed by atoms with Gasteiger partial charge < -0.3 is 14.8 Å². The molecule has 1 aromatic heterocycles. The second kappa shape index (κ2) is 12.2. The highest BCUT2D eigenvalue weighted by Gasteiger charge is 2.46. The van der Waals surface area contributed by atoms with Gasteiger partial charge in [0.1, 0.15) is 12.3 Å². The number of hydrogen-bond acceptors (Lipinski definition) is 3. The van der Waals surface area contributed by atoms with Crippen molar-refractivity contribution in [2.45, 2.75) is 84.6 Å². The quantitative estimate of drug-likeness (QED) is 0.0972. The molecule has 0 saturated carbocycles. The molecule has 1 aliphatic carbocycles. The second-order valence-corrected chi connectivity index (χ2v) is 13.0. The number of aliphatic hydroxyl groups is 1. The van der Waals surface area contributed by atoms with Crippen molar-refractivity contribution in [3.05, 3.63) is 94.1 Å². The van der Waals surface area contributed by atoms with Crippen molar-refractivity contribution in [1.82, 2.24) is 4.57 Å². The fourth-order valence-electron chi connectivity index (χ4n) is 7.11. The zero-order valence-corrected chi connectivity index (χ0v) is 26.8. The Balaban J connectivity index is 1.44. The van der Waals surface area contributed by atoms with Crippen LogP contribution in [0.5, 0.6) is 0 Å². The number of nitrogens with zero attached hydrogens (tertiary/aromatic N) is 2. The van der Waals surface area contributed by atoms with E-state index in [0.717, 1.165) is 72.0 Å². The van der Waals surface area contributed by atoms with Gasteiger partial charge in [-0.15, -0.1) is 0 Å². The number of fused-ring (bicyclic) bond motifs is 1. The number of carbonyl (C=O) groups excluding carboxylic acids is 1. The first-order valence-corrected chi connectivity index (χ1v) is 16.4. The number of rotatable bonds is 12. The lowest BCUT2D eigenvalue weighted by Gasteiger charge is -2.21. The molecular formula is C39H43N2O4+. The van der Waals surface area contributed by atoms with Gasteiger partial charge in [0.25, 0.3) is 0 Å². The summed E-state index contributed by atoms with van der Waals surface area (Å²) in [4.78, 5) is 25.6. The predicted molar refractivity (Wildman–Crippen MR) is 182 cm³/mol. The van der Waals surface area contributed by atoms with Crippen LogP contribution in [-0.4, -0.2) is 43.4 Å². The topological polar surface area (TPSA) is 82.5 Å². The molecule has 1 aliphatic heterocycles. The summed E-state index contributed by atoms with van der Waals surface area (Å²) in [6.45, 7) is 10.1. The number of Topliss-reactive ketones (excluding diaryl/α,β-unsaturated/α-hetero) is 1. The van der Waals surface area contributed by atoms with E-state index < -0.39 is 11.4 Å². The van der Waals surface area contributed by atoms with E-state index in [2.05, 4.69) is 73.2 Å². The Hall–Kier alpha value is -4.45. The Morgan fingerprint density at radius 1 is 0.933 bits per heavy atom. The van der Waals surface area contributed by atoms with Gasteiger partial charge in [0.2, 0.25) is 11.5 Å². The summed E-state index contributed by atoms with van der Waals surface area (Å²) >= 11 is 0. The van der Waals surface area contributed by atoms with E-state index in [4.69, 9.17) is 0 Å². The lowest BCUT2D eigenvalue weighted by Crippen LogP contribution is -2.31. The maximum absolute atomic E-state index is 13.8. The van der Waals surface area contributed by atoms with Crippen LogP contribution in [0.25, 0.3) is 27.8 Å². The summed E-state index contributed by atoms with van der Waals surface area (Å²) in [5.74, 6) is -1.13. The lowest BCUT2D eigenvalue weighted by molar-refractivity contribution is -0.438. The Morgan fingerprint density at radius 2 is 1.67 bits per heavy atom. The highest BCUT2D eigenvalue weighted by Crippen LogP contribution is 2.42. The monoisotopic (exact) mass is 603 g/mol. The van der Waals surface area contributed by atoms with Gasteiger partial charge in [-0.25, -0.2) is 4.79 Å². The second-order valence-electron chi connectivity index (χ2n) is 13.0. The number of carboxylic acids is 1. The van der Waals surface area contributed by atoms with Crippen LogP contribution in [0.2, 0.25) is 0 Å². The minimum Gasteiger partial charge on any atom is -0.506 e. The fraction of sp³-hybridized carbons (Fsp3) is 0.359. The molecule has 6 nitrogen and oxygen atoms in total. The molecule has 0 bridgehead atoms. The van der Waals surface area contributed by atoms with Crippen LogP contribution >= 0.6 is 0 Å². The normalized spacial score (nSPS) is 17.3. The van der Waals surface area contributed by atoms with E-state index in [-0.39, 0.29) is 17.1 Å². The number of aromatic nitrogens is 1. The highest BCUT2D eigenvalue weighted by atomic mass is 16.4. The lowest BCUT2D eigenvalue weighted by atomic mass is 9.78. The number of hydrogen-bond donors (Lipinski definition) is 2. The molecule has 2 N–H and O–H groups in total. The molecule has 0 unspecified atom stereocenters. The number of aryl methyl sites for hydroxylation is 1. The standard InChI is InChI=1S/C39H42N2O4/c1-5-7-9-10-11-21-40-32-17-13-15-25-14-12-16-27(35(25)32)33(40)23-28-36(42)29(37(28)43)24-34-39(3,4)30-22-26(38(44)45)18-19-31(30)41(34)20-8-6-2/h12-19,22-24H,5-11,20-21H2,1-4H3,(H-,42,43,44,45)/p+1. The van der Waals surface area contributed by atoms with Gasteiger partial charge in [0.05, 0.1) is 22.1 Å². The summed E-state index contributed by atoms with van der Waals surface area (Å²) in [5, 5.41) is 25.5. The van der Waals surface area contributed by atoms with Gasteiger partial charge in [-0.1, -0.05) is 76.3 Å². The number of benzene rings is 3. The van der Waals surface area contributed by atoms with Crippen molar-refractivity contribution < 1.29 is 24.4 Å². The van der Waals surface area contributed by atoms with Crippen molar-refractivity contribution in [1.29, 1.82) is 0 Å². The molecule has 45 heavy (non-hydrogen) atoms. The highest BCUT2D eigenvalue weighted by molar-refractivity contribution is 6.27. The number of aromatic carboxylic acids is 1. The van der Waals surface area contributed by atoms with Crippen molar-refractivity contribution in [2.24, 2.45) is 0 Å². The van der Waals surface area contributed by atoms with Gasteiger partial charge in [-0.2, -0.15) is 4.58 Å². The van der Waals surface area contributed by atoms with E-state index in [1.165, 1.54) is 30.0 Å². The Bertz CT molecular complexity index is 1980. The molecule has 0 saturated heterocycles. The molecule has 0 atom stereocenters. The molecular weight excluding hydrogens is 560 g/mol. The van der Waals surface area contributed by atoms with Gasteiger partial charge in [0, 0.05) is 52.3 Å². The van der Waals surface area contributed by atoms with E-state index in [1.807, 2.05) is 18.2 Å². The van der Waals surface area contributed by atoms with Gasteiger partial charge >= 0.3 is 5.97 Å². The molecule has 0 amide bonds. The van der Waals surface area contributed by atoms with Crippen LogP contribution in [0, 0.1) is 0 Å². The first-order chi connectivity index (χ1) is 21.7. The molecule has 6 heteroatoms. The molecule has 3 aromatic carbocycles. The van der Waals surface area contributed by atoms with E-state index in [1.54, 1.807) is 12.1 Å². The molecule has 0 radical (unpaired) electrons. The van der Waals surface area contributed by atoms with Crippen molar-refractivity contribution in [2.75, 3.05) is 6.54 Å². The summed E-state index contributed by atoms with van der Waals surface area (Å²) in [6, 6.07) is 17.9. The number of aliphatic hydroxyl groups excluding tert-OH is 1. The summed E-state index contributed by atoms with van der Waals surface area (Å²) in [5.41, 5.74) is 4.24. The first kappa shape index (κ1) is 30.6. The maximum Gasteiger partial charge on any atom is 0.335 e. The third-order valence-electron chi connectivity index (χ3n) is 9.66. The summed E-state index contributed by atoms with van der Waals surface area (Å²) in [7, 11) is 0. The van der Waals surface area contributed by atoms with Crippen LogP contribution in [0.4, 0.5) is 5.69 Å². The van der Waals surface area contributed by atoms with Crippen molar-refractivity contribution in [3.8, 4) is 0 Å². The number of unbranched alkanes of at least 4 members (excludes halogenated alkanes) is 5. The maximum atomic E-state index is 13.8. The minimum atomic E-state index is -0.965. The number of carboxylic acid groups (broad SMARTS) is 1. The van der Waals surface area contributed by atoms with Crippen molar-refractivity contribution >= 4 is 50.9 Å². The van der Waals surface area contributed by atoms with E-state index >= 15 is 0 Å². The third-order valence-corrected chi connectivity index (χ3v) is 9.66. The van der Waals surface area contributed by atoms with Gasteiger partial charge in [-0.3, -0.25) is 4.79 Å². The Morgan fingerprint density at radius 3 is 2.38 bits per heavy atom.